The summed E-state index contributed by atoms with van der Waals surface area (Å²) in [6, 6.07) is 6.96. The molecule has 0 bridgehead atoms. The lowest BCUT2D eigenvalue weighted by Gasteiger charge is -2.50. The van der Waals surface area contributed by atoms with Crippen molar-refractivity contribution in [3.05, 3.63) is 81.3 Å². The number of ether oxygens (including phenoxy) is 1. The average Bonchev–Trinajstić information content (AvgIpc) is 2.92. The van der Waals surface area contributed by atoms with Crippen LogP contribution in [0.1, 0.15) is 33.5 Å². The Morgan fingerprint density at radius 1 is 1.12 bits per heavy atom. The van der Waals surface area contributed by atoms with Crippen molar-refractivity contribution in [2.45, 2.75) is 30.9 Å². The number of ketones is 2. The van der Waals surface area contributed by atoms with Crippen LogP contribution < -0.4 is 10.5 Å². The molecule has 42 heavy (non-hydrogen) atoms. The number of hydrogen-bond acceptors (Lipinski definition) is 10. The Morgan fingerprint density at radius 2 is 1.81 bits per heavy atom. The van der Waals surface area contributed by atoms with Crippen LogP contribution in [0.15, 0.2) is 59.1 Å². The van der Waals surface area contributed by atoms with Gasteiger partial charge < -0.3 is 36.0 Å². The highest BCUT2D eigenvalue weighted by Gasteiger charge is 2.63. The van der Waals surface area contributed by atoms with Crippen molar-refractivity contribution in [2.75, 3.05) is 21.2 Å². The highest BCUT2D eigenvalue weighted by molar-refractivity contribution is 6.24. The second kappa shape index (κ2) is 10.3. The number of benzene rings is 2. The van der Waals surface area contributed by atoms with Gasteiger partial charge in [0.15, 0.2) is 22.9 Å². The summed E-state index contributed by atoms with van der Waals surface area (Å²) >= 11 is 0. The maximum absolute atomic E-state index is 13.8. The van der Waals surface area contributed by atoms with Crippen LogP contribution in [0.3, 0.4) is 0 Å². The monoisotopic (exact) mass is 576 g/mol. The van der Waals surface area contributed by atoms with Crippen molar-refractivity contribution in [3.8, 4) is 17.2 Å². The Morgan fingerprint density at radius 3 is 2.45 bits per heavy atom. The topological polar surface area (TPSA) is 191 Å². The lowest BCUT2D eigenvalue weighted by atomic mass is 9.58. The number of allylic oxidation sites excluding steroid dienone is 2. The van der Waals surface area contributed by atoms with Crippen LogP contribution in [0.4, 0.5) is 0 Å². The van der Waals surface area contributed by atoms with Crippen LogP contribution in [0.25, 0.3) is 6.08 Å². The molecule has 3 aliphatic carbocycles. The molecule has 3 aliphatic rings. The minimum Gasteiger partial charge on any atom is -0.510 e. The lowest BCUT2D eigenvalue weighted by Crippen LogP contribution is -2.63. The van der Waals surface area contributed by atoms with Crippen LogP contribution in [0.2, 0.25) is 0 Å². The SMILES string of the molecule is COc1cc(C/C=C\c2ccc(O)c3c2C[C@@H]2C[C@@H]4[C@@H](N(C)C)C(O)=C(C(N)=O)C(=O)[C@]4(O)C(O)=C2C3=O)ccc1O. The van der Waals surface area contributed by atoms with Gasteiger partial charge in [0, 0.05) is 11.5 Å². The maximum atomic E-state index is 13.8. The number of nitrogens with two attached hydrogens (primary N) is 1. The second-order valence-corrected chi connectivity index (χ2v) is 11.1. The van der Waals surface area contributed by atoms with Gasteiger partial charge in [0.25, 0.3) is 5.91 Å². The number of phenolic OH excluding ortho intramolecular Hbond substituents is 2. The first-order valence-corrected chi connectivity index (χ1v) is 13.3. The zero-order valence-corrected chi connectivity index (χ0v) is 23.3. The largest absolute Gasteiger partial charge is 0.510 e. The Balaban J connectivity index is 1.57. The number of Topliss-reactive ketones (excluding diaryl/α,β-unsaturated/α-hetero) is 2. The molecule has 0 saturated carbocycles. The molecule has 0 spiro atoms. The van der Waals surface area contributed by atoms with Gasteiger partial charge in [0.05, 0.1) is 18.7 Å². The third-order valence-electron chi connectivity index (χ3n) is 8.54. The smallest absolute Gasteiger partial charge is 0.255 e. The molecular weight excluding hydrogens is 544 g/mol. The van der Waals surface area contributed by atoms with Crippen LogP contribution in [0.5, 0.6) is 17.2 Å². The molecule has 2 aromatic carbocycles. The number of aromatic hydroxyl groups is 2. The molecule has 5 rings (SSSR count). The Labute approximate surface area is 241 Å². The minimum atomic E-state index is -2.68. The zero-order chi connectivity index (χ0) is 30.7. The molecule has 0 heterocycles. The number of phenols is 2. The quantitative estimate of drug-likeness (QED) is 0.278. The molecule has 0 aromatic heterocycles. The van der Waals surface area contributed by atoms with Crippen LogP contribution in [0, 0.1) is 11.8 Å². The van der Waals surface area contributed by atoms with Gasteiger partial charge in [0.1, 0.15) is 22.8 Å². The van der Waals surface area contributed by atoms with Gasteiger partial charge in [-0.1, -0.05) is 24.3 Å². The van der Waals surface area contributed by atoms with Gasteiger partial charge in [-0.05, 0) is 74.2 Å². The first kappa shape index (κ1) is 28.9. The molecule has 1 amide bonds. The fourth-order valence-electron chi connectivity index (χ4n) is 6.60. The van der Waals surface area contributed by atoms with E-state index in [0.29, 0.717) is 23.3 Å². The van der Waals surface area contributed by atoms with Crippen molar-refractivity contribution >= 4 is 23.5 Å². The van der Waals surface area contributed by atoms with Gasteiger partial charge in [-0.2, -0.15) is 0 Å². The van der Waals surface area contributed by atoms with Crippen LogP contribution in [-0.2, 0) is 22.4 Å². The van der Waals surface area contributed by atoms with Gasteiger partial charge in [0.2, 0.25) is 5.78 Å². The summed E-state index contributed by atoms with van der Waals surface area (Å²) in [6.07, 6.45) is 4.35. The number of primary amides is 1. The van der Waals surface area contributed by atoms with E-state index >= 15 is 0 Å². The molecule has 11 heteroatoms. The van der Waals surface area contributed by atoms with E-state index in [4.69, 9.17) is 10.5 Å². The highest BCUT2D eigenvalue weighted by Crippen LogP contribution is 2.52. The molecular formula is C31H32N2O9. The van der Waals surface area contributed by atoms with Gasteiger partial charge in [-0.3, -0.25) is 19.3 Å². The highest BCUT2D eigenvalue weighted by atomic mass is 16.5. The van der Waals surface area contributed by atoms with Crippen molar-refractivity contribution in [1.29, 1.82) is 0 Å². The van der Waals surface area contributed by atoms with E-state index in [1.54, 1.807) is 38.4 Å². The third kappa shape index (κ3) is 4.24. The van der Waals surface area contributed by atoms with Crippen molar-refractivity contribution in [1.82, 2.24) is 4.90 Å². The summed E-state index contributed by atoms with van der Waals surface area (Å²) in [7, 11) is 4.62. The number of carbonyl (C=O) groups excluding carboxylic acids is 3. The molecule has 0 fully saturated rings. The first-order valence-electron chi connectivity index (χ1n) is 13.3. The van der Waals surface area contributed by atoms with Gasteiger partial charge >= 0.3 is 0 Å². The number of aliphatic hydroxyl groups excluding tert-OH is 2. The number of methoxy groups -OCH3 is 1. The van der Waals surface area contributed by atoms with Gasteiger partial charge in [-0.25, -0.2) is 0 Å². The molecule has 0 saturated heterocycles. The summed E-state index contributed by atoms with van der Waals surface area (Å²) in [4.78, 5) is 40.8. The average molecular weight is 577 g/mol. The minimum absolute atomic E-state index is 0.0118. The molecule has 220 valence electrons. The number of rotatable bonds is 6. The number of hydrogen-bond donors (Lipinski definition) is 6. The summed E-state index contributed by atoms with van der Waals surface area (Å²) in [5, 5.41) is 54.5. The van der Waals surface area contributed by atoms with E-state index in [-0.39, 0.29) is 35.5 Å². The first-order chi connectivity index (χ1) is 19.8. The molecule has 0 radical (unpaired) electrons. The molecule has 11 nitrogen and oxygen atoms in total. The number of fused-ring (bicyclic) bond motifs is 3. The standard InChI is InChI=1S/C31H32N2O9/c1-33(2)25-18-13-16-12-17-15(6-4-5-14-7-9-19(34)21(11-14)42-3)8-10-20(35)23(17)26(36)22(16)28(38)31(18,41)29(39)24(27(25)37)30(32)40/h4,6-11,16,18,25,34-35,37-38,41H,5,12-13H2,1-3H3,(H2,32,40)/b6-4-/t16-,18-,25-,31-/m1/s1. The van der Waals surface area contributed by atoms with Crippen molar-refractivity contribution < 1.29 is 44.7 Å². The Kier molecular flexibility index (Phi) is 7.12. The second-order valence-electron chi connectivity index (χ2n) is 11.1. The normalized spacial score (nSPS) is 25.5. The van der Waals surface area contributed by atoms with E-state index in [1.807, 2.05) is 6.08 Å². The molecule has 4 atom stereocenters. The van der Waals surface area contributed by atoms with E-state index in [0.717, 1.165) is 5.56 Å². The Bertz CT molecular complexity index is 1620. The number of likely N-dealkylation sites (N-methyl/N-ethyl adjacent to an activating group) is 1. The fourth-order valence-corrected chi connectivity index (χ4v) is 6.60. The predicted molar refractivity (Wildman–Crippen MR) is 151 cm³/mol. The zero-order valence-electron chi connectivity index (χ0n) is 23.3. The lowest BCUT2D eigenvalue weighted by molar-refractivity contribution is -0.148. The third-order valence-corrected chi connectivity index (χ3v) is 8.54. The summed E-state index contributed by atoms with van der Waals surface area (Å²) < 4.78 is 5.16. The van der Waals surface area contributed by atoms with Gasteiger partial charge in [-0.15, -0.1) is 0 Å². The number of nitrogens with zero attached hydrogens (tertiary/aromatic N) is 1. The van der Waals surface area contributed by atoms with Crippen molar-refractivity contribution in [2.24, 2.45) is 17.6 Å². The van der Waals surface area contributed by atoms with Crippen LogP contribution >= 0.6 is 0 Å². The van der Waals surface area contributed by atoms with E-state index in [9.17, 15) is 39.9 Å². The maximum Gasteiger partial charge on any atom is 0.255 e. The van der Waals surface area contributed by atoms with Crippen molar-refractivity contribution in [3.63, 3.8) is 0 Å². The molecule has 0 aliphatic heterocycles. The number of aliphatic hydroxyl groups is 3. The summed E-state index contributed by atoms with van der Waals surface area (Å²) in [6.45, 7) is 0. The van der Waals surface area contributed by atoms with E-state index in [2.05, 4.69) is 0 Å². The number of amides is 1. The predicted octanol–water partition coefficient (Wildman–Crippen LogP) is 2.09. The summed E-state index contributed by atoms with van der Waals surface area (Å²) in [5.41, 5.74) is 3.65. The van der Waals surface area contributed by atoms with E-state index < -0.39 is 58.0 Å². The van der Waals surface area contributed by atoms with Crippen LogP contribution in [-0.4, -0.2) is 80.8 Å². The fraction of sp³-hybridized carbons (Fsp3) is 0.323. The Hall–Kier alpha value is -4.61. The number of carbonyl (C=O) groups is 3. The van der Waals surface area contributed by atoms with E-state index in [1.165, 1.54) is 24.1 Å². The molecule has 7 N–H and O–H groups in total. The summed E-state index contributed by atoms with van der Waals surface area (Å²) in [5.74, 6) is -6.51. The molecule has 0 unspecified atom stereocenters. The molecule has 2 aromatic rings.